The molecule has 4 rings (SSSR count). The molecule has 2 heterocycles. The standard InChI is InChI=1S/C28H35N5O3/c1-21-26(22(2)33(30-21)19-23-8-5-4-6-9-23)18-29-27(34)20-31-12-14-32(15-13-31)28(35)17-24-10-7-11-25(16-24)36-3/h4-11,16H,12-15,17-20H2,1-3H3,(H,29,34). The van der Waals surface area contributed by atoms with Gasteiger partial charge in [0.05, 0.1) is 32.3 Å². The Bertz CT molecular complexity index is 1180. The number of methoxy groups -OCH3 is 1. The van der Waals surface area contributed by atoms with E-state index in [4.69, 9.17) is 4.74 Å². The number of hydrogen-bond acceptors (Lipinski definition) is 5. The first-order valence-electron chi connectivity index (χ1n) is 12.4. The summed E-state index contributed by atoms with van der Waals surface area (Å²) in [6, 6.07) is 17.8. The Morgan fingerprint density at radius 3 is 2.42 bits per heavy atom. The lowest BCUT2D eigenvalue weighted by molar-refractivity contribution is -0.132. The number of benzene rings is 2. The SMILES string of the molecule is COc1cccc(CC(=O)N2CCN(CC(=O)NCc3c(C)nn(Cc4ccccc4)c3C)CC2)c1. The quantitative estimate of drug-likeness (QED) is 0.500. The minimum absolute atomic E-state index is 0.0132. The molecule has 1 saturated heterocycles. The molecule has 1 aliphatic heterocycles. The first-order chi connectivity index (χ1) is 17.4. The van der Waals surface area contributed by atoms with Crippen LogP contribution in [0.15, 0.2) is 54.6 Å². The molecule has 0 bridgehead atoms. The maximum atomic E-state index is 12.7. The van der Waals surface area contributed by atoms with Gasteiger partial charge in [0.25, 0.3) is 0 Å². The van der Waals surface area contributed by atoms with Crippen LogP contribution in [-0.4, -0.2) is 71.2 Å². The van der Waals surface area contributed by atoms with Gasteiger partial charge >= 0.3 is 0 Å². The number of carbonyl (C=O) groups excluding carboxylic acids is 2. The molecule has 0 unspecified atom stereocenters. The van der Waals surface area contributed by atoms with Crippen molar-refractivity contribution in [2.45, 2.75) is 33.4 Å². The zero-order valence-electron chi connectivity index (χ0n) is 21.4. The molecule has 2 aromatic carbocycles. The number of amides is 2. The minimum Gasteiger partial charge on any atom is -0.497 e. The lowest BCUT2D eigenvalue weighted by atomic mass is 10.1. The number of aryl methyl sites for hydroxylation is 1. The van der Waals surface area contributed by atoms with Gasteiger partial charge in [-0.3, -0.25) is 19.2 Å². The van der Waals surface area contributed by atoms with Crippen molar-refractivity contribution in [3.05, 3.63) is 82.7 Å². The van der Waals surface area contributed by atoms with Crippen LogP contribution in [0.5, 0.6) is 5.75 Å². The van der Waals surface area contributed by atoms with E-state index in [1.165, 1.54) is 5.56 Å². The van der Waals surface area contributed by atoms with E-state index in [0.29, 0.717) is 52.2 Å². The van der Waals surface area contributed by atoms with E-state index in [2.05, 4.69) is 27.4 Å². The van der Waals surface area contributed by atoms with Gasteiger partial charge < -0.3 is 15.0 Å². The van der Waals surface area contributed by atoms with Crippen molar-refractivity contribution in [3.63, 3.8) is 0 Å². The van der Waals surface area contributed by atoms with Gasteiger partial charge in [0.15, 0.2) is 0 Å². The molecule has 1 aliphatic rings. The molecule has 0 saturated carbocycles. The van der Waals surface area contributed by atoms with Crippen LogP contribution in [0, 0.1) is 13.8 Å². The first-order valence-corrected chi connectivity index (χ1v) is 12.4. The first kappa shape index (κ1) is 25.4. The molecule has 1 fully saturated rings. The molecule has 3 aromatic rings. The number of nitrogens with zero attached hydrogens (tertiary/aromatic N) is 4. The second-order valence-electron chi connectivity index (χ2n) is 9.25. The fourth-order valence-corrected chi connectivity index (χ4v) is 4.57. The van der Waals surface area contributed by atoms with Gasteiger partial charge in [-0.05, 0) is 37.1 Å². The maximum Gasteiger partial charge on any atom is 0.234 e. The monoisotopic (exact) mass is 489 g/mol. The van der Waals surface area contributed by atoms with E-state index in [9.17, 15) is 9.59 Å². The average molecular weight is 490 g/mol. The summed E-state index contributed by atoms with van der Waals surface area (Å²) in [7, 11) is 1.62. The van der Waals surface area contributed by atoms with Crippen molar-refractivity contribution in [2.75, 3.05) is 39.8 Å². The van der Waals surface area contributed by atoms with E-state index in [-0.39, 0.29) is 11.8 Å². The third kappa shape index (κ3) is 6.51. The van der Waals surface area contributed by atoms with Gasteiger partial charge in [-0.1, -0.05) is 42.5 Å². The molecular formula is C28H35N5O3. The summed E-state index contributed by atoms with van der Waals surface area (Å²) in [4.78, 5) is 29.3. The van der Waals surface area contributed by atoms with E-state index in [1.807, 2.05) is 65.9 Å². The van der Waals surface area contributed by atoms with Crippen LogP contribution >= 0.6 is 0 Å². The summed E-state index contributed by atoms with van der Waals surface area (Å²) in [5, 5.41) is 7.73. The molecule has 1 N–H and O–H groups in total. The third-order valence-electron chi connectivity index (χ3n) is 6.75. The molecule has 8 heteroatoms. The highest BCUT2D eigenvalue weighted by molar-refractivity contribution is 5.79. The Hall–Kier alpha value is -3.65. The van der Waals surface area contributed by atoms with Gasteiger partial charge in [0, 0.05) is 44.0 Å². The predicted octanol–water partition coefficient (Wildman–Crippen LogP) is 2.56. The number of ether oxygens (including phenoxy) is 1. The summed E-state index contributed by atoms with van der Waals surface area (Å²) < 4.78 is 7.24. The maximum absolute atomic E-state index is 12.7. The van der Waals surface area contributed by atoms with Crippen molar-refractivity contribution in [3.8, 4) is 5.75 Å². The van der Waals surface area contributed by atoms with Crippen LogP contribution in [0.2, 0.25) is 0 Å². The number of carbonyl (C=O) groups is 2. The van der Waals surface area contributed by atoms with Crippen LogP contribution in [0.1, 0.15) is 28.1 Å². The Balaban J connectivity index is 1.22. The molecule has 0 radical (unpaired) electrons. The lowest BCUT2D eigenvalue weighted by Gasteiger charge is -2.34. The summed E-state index contributed by atoms with van der Waals surface area (Å²) in [5.41, 5.74) is 5.21. The van der Waals surface area contributed by atoms with E-state index in [1.54, 1.807) is 7.11 Å². The van der Waals surface area contributed by atoms with Crippen LogP contribution in [0.4, 0.5) is 0 Å². The Morgan fingerprint density at radius 1 is 0.972 bits per heavy atom. The Labute approximate surface area is 212 Å². The third-order valence-corrected chi connectivity index (χ3v) is 6.75. The number of rotatable bonds is 9. The van der Waals surface area contributed by atoms with Crippen LogP contribution < -0.4 is 10.1 Å². The van der Waals surface area contributed by atoms with E-state index in [0.717, 1.165) is 28.3 Å². The fourth-order valence-electron chi connectivity index (χ4n) is 4.57. The largest absolute Gasteiger partial charge is 0.497 e. The van der Waals surface area contributed by atoms with Gasteiger partial charge in [0.1, 0.15) is 5.75 Å². The normalized spacial score (nSPS) is 14.0. The van der Waals surface area contributed by atoms with Crippen molar-refractivity contribution < 1.29 is 14.3 Å². The van der Waals surface area contributed by atoms with E-state index < -0.39 is 0 Å². The highest BCUT2D eigenvalue weighted by Gasteiger charge is 2.23. The lowest BCUT2D eigenvalue weighted by Crippen LogP contribution is -2.51. The molecule has 0 spiro atoms. The highest BCUT2D eigenvalue weighted by atomic mass is 16.5. The van der Waals surface area contributed by atoms with Crippen LogP contribution in [0.25, 0.3) is 0 Å². The highest BCUT2D eigenvalue weighted by Crippen LogP contribution is 2.16. The fraction of sp³-hybridized carbons (Fsp3) is 0.393. The number of piperazine rings is 1. The Morgan fingerprint density at radius 2 is 1.69 bits per heavy atom. The van der Waals surface area contributed by atoms with Gasteiger partial charge in [-0.15, -0.1) is 0 Å². The minimum atomic E-state index is -0.0132. The number of hydrogen-bond donors (Lipinski definition) is 1. The average Bonchev–Trinajstić information content (AvgIpc) is 3.15. The summed E-state index contributed by atoms with van der Waals surface area (Å²) in [6.45, 7) is 8.15. The predicted molar refractivity (Wildman–Crippen MR) is 139 cm³/mol. The van der Waals surface area contributed by atoms with E-state index >= 15 is 0 Å². The second kappa shape index (κ2) is 11.9. The Kier molecular flexibility index (Phi) is 8.38. The molecule has 2 amide bonds. The van der Waals surface area contributed by atoms with Gasteiger partial charge in [0.2, 0.25) is 11.8 Å². The van der Waals surface area contributed by atoms with Crippen LogP contribution in [-0.2, 0) is 29.1 Å². The van der Waals surface area contributed by atoms with Gasteiger partial charge in [-0.2, -0.15) is 5.10 Å². The molecule has 36 heavy (non-hydrogen) atoms. The molecule has 8 nitrogen and oxygen atoms in total. The zero-order valence-corrected chi connectivity index (χ0v) is 21.4. The molecule has 0 aliphatic carbocycles. The topological polar surface area (TPSA) is 79.7 Å². The van der Waals surface area contributed by atoms with Crippen molar-refractivity contribution in [2.24, 2.45) is 0 Å². The van der Waals surface area contributed by atoms with Crippen LogP contribution in [0.3, 0.4) is 0 Å². The summed E-state index contributed by atoms with van der Waals surface area (Å²) in [6.07, 6.45) is 0.355. The smallest absolute Gasteiger partial charge is 0.234 e. The zero-order chi connectivity index (χ0) is 25.5. The molecule has 1 aromatic heterocycles. The summed E-state index contributed by atoms with van der Waals surface area (Å²) >= 11 is 0. The number of nitrogens with one attached hydrogen (secondary N) is 1. The second-order valence-corrected chi connectivity index (χ2v) is 9.25. The summed E-state index contributed by atoms with van der Waals surface area (Å²) in [5.74, 6) is 0.844. The molecule has 0 atom stereocenters. The molecular weight excluding hydrogens is 454 g/mol. The van der Waals surface area contributed by atoms with Gasteiger partial charge in [-0.25, -0.2) is 0 Å². The number of aromatic nitrogens is 2. The van der Waals surface area contributed by atoms with Crippen molar-refractivity contribution in [1.82, 2.24) is 24.9 Å². The van der Waals surface area contributed by atoms with Crippen molar-refractivity contribution in [1.29, 1.82) is 0 Å². The molecule has 190 valence electrons. The van der Waals surface area contributed by atoms with Crippen molar-refractivity contribution >= 4 is 11.8 Å².